The molecule has 0 amide bonds. The molecule has 0 aliphatic heterocycles. The van der Waals surface area contributed by atoms with Crippen LogP contribution in [-0.2, 0) is 6.54 Å². The number of nitrogens with zero attached hydrogens (tertiary/aromatic N) is 3. The lowest BCUT2D eigenvalue weighted by Gasteiger charge is -2.02. The van der Waals surface area contributed by atoms with Crippen molar-refractivity contribution in [1.82, 2.24) is 15.2 Å². The average molecular weight is 347 g/mol. The summed E-state index contributed by atoms with van der Waals surface area (Å²) in [4.78, 5) is 4.11. The third kappa shape index (κ3) is 3.20. The van der Waals surface area contributed by atoms with Crippen molar-refractivity contribution >= 4 is 33.0 Å². The second kappa shape index (κ2) is 6.11. The Morgan fingerprint density at radius 1 is 1.10 bits per heavy atom. The van der Waals surface area contributed by atoms with Crippen molar-refractivity contribution in [3.63, 3.8) is 0 Å². The van der Waals surface area contributed by atoms with Crippen molar-refractivity contribution in [1.29, 1.82) is 0 Å². The Morgan fingerprint density at radius 2 is 1.95 bits per heavy atom. The Morgan fingerprint density at radius 3 is 2.75 bits per heavy atom. The molecule has 0 saturated heterocycles. The largest absolute Gasteiger partial charge is 0.377 e. The fourth-order valence-corrected chi connectivity index (χ4v) is 2.86. The van der Waals surface area contributed by atoms with Crippen LogP contribution in [0.25, 0.3) is 10.6 Å². The zero-order chi connectivity index (χ0) is 13.8. The summed E-state index contributed by atoms with van der Waals surface area (Å²) in [5.41, 5.74) is 2.05. The van der Waals surface area contributed by atoms with E-state index < -0.39 is 0 Å². The number of hydrogen-bond donors (Lipinski definition) is 1. The third-order valence-corrected chi connectivity index (χ3v) is 4.04. The Hall–Kier alpha value is -1.79. The van der Waals surface area contributed by atoms with E-state index in [1.807, 2.05) is 36.4 Å². The lowest BCUT2D eigenvalue weighted by Crippen LogP contribution is -1.99. The molecule has 1 aromatic carbocycles. The fraction of sp³-hybridized carbons (Fsp3) is 0.0714. The zero-order valence-corrected chi connectivity index (χ0v) is 12.9. The number of hydrogen-bond acceptors (Lipinski definition) is 5. The molecule has 0 saturated carbocycles. The van der Waals surface area contributed by atoms with Crippen molar-refractivity contribution in [3.05, 3.63) is 58.3 Å². The van der Waals surface area contributed by atoms with Crippen LogP contribution < -0.4 is 5.32 Å². The highest BCUT2D eigenvalue weighted by molar-refractivity contribution is 9.10. The minimum absolute atomic E-state index is 0.642. The summed E-state index contributed by atoms with van der Waals surface area (Å²) >= 11 is 4.99. The van der Waals surface area contributed by atoms with Crippen LogP contribution in [0, 0.1) is 0 Å². The molecule has 6 heteroatoms. The first-order chi connectivity index (χ1) is 9.81. The first-order valence-corrected chi connectivity index (χ1v) is 7.64. The number of pyridine rings is 1. The molecule has 0 radical (unpaired) electrons. The van der Waals surface area contributed by atoms with Crippen LogP contribution in [0.5, 0.6) is 0 Å². The zero-order valence-electron chi connectivity index (χ0n) is 10.5. The summed E-state index contributed by atoms with van der Waals surface area (Å²) in [6.07, 6.45) is 3.54. The van der Waals surface area contributed by atoms with E-state index in [1.54, 1.807) is 23.7 Å². The van der Waals surface area contributed by atoms with Gasteiger partial charge in [0.2, 0.25) is 0 Å². The van der Waals surface area contributed by atoms with Gasteiger partial charge in [-0.05, 0) is 22.0 Å². The van der Waals surface area contributed by atoms with Gasteiger partial charge in [0.05, 0.1) is 18.4 Å². The second-order valence-corrected chi connectivity index (χ2v) is 6.09. The Kier molecular flexibility index (Phi) is 4.03. The lowest BCUT2D eigenvalue weighted by atomic mass is 10.2. The Labute approximate surface area is 129 Å². The van der Waals surface area contributed by atoms with Gasteiger partial charge in [-0.15, -0.1) is 10.2 Å². The third-order valence-electron chi connectivity index (χ3n) is 2.64. The highest BCUT2D eigenvalue weighted by Gasteiger charge is 2.06. The normalized spacial score (nSPS) is 10.4. The van der Waals surface area contributed by atoms with Gasteiger partial charge in [0, 0.05) is 16.2 Å². The molecule has 0 unspecified atom stereocenters. The van der Waals surface area contributed by atoms with Gasteiger partial charge >= 0.3 is 0 Å². The Balaban J connectivity index is 1.69. The summed E-state index contributed by atoms with van der Waals surface area (Å²) in [7, 11) is 0. The summed E-state index contributed by atoms with van der Waals surface area (Å²) < 4.78 is 0.949. The van der Waals surface area contributed by atoms with E-state index in [-0.39, 0.29) is 0 Å². The number of halogens is 1. The van der Waals surface area contributed by atoms with Crippen LogP contribution in [0.15, 0.2) is 53.3 Å². The van der Waals surface area contributed by atoms with Gasteiger partial charge in [-0.2, -0.15) is 0 Å². The maximum atomic E-state index is 4.22. The highest BCUT2D eigenvalue weighted by atomic mass is 79.9. The molecule has 0 aliphatic rings. The minimum Gasteiger partial charge on any atom is -0.377 e. The van der Waals surface area contributed by atoms with Gasteiger partial charge in [0.15, 0.2) is 0 Å². The molecular formula is C14H11BrN4S. The van der Waals surface area contributed by atoms with E-state index in [0.717, 1.165) is 25.7 Å². The van der Waals surface area contributed by atoms with E-state index in [4.69, 9.17) is 0 Å². The van der Waals surface area contributed by atoms with E-state index >= 15 is 0 Å². The van der Waals surface area contributed by atoms with Crippen molar-refractivity contribution in [3.8, 4) is 10.6 Å². The summed E-state index contributed by atoms with van der Waals surface area (Å²) in [5.74, 6) is 0. The molecule has 20 heavy (non-hydrogen) atoms. The van der Waals surface area contributed by atoms with Crippen LogP contribution in [-0.4, -0.2) is 15.2 Å². The molecule has 0 aliphatic carbocycles. The molecule has 0 bridgehead atoms. The Bertz CT molecular complexity index is 699. The van der Waals surface area contributed by atoms with Gasteiger partial charge in [0.1, 0.15) is 10.0 Å². The smallest absolute Gasteiger partial charge is 0.147 e. The average Bonchev–Trinajstić information content (AvgIpc) is 2.95. The molecule has 100 valence electrons. The van der Waals surface area contributed by atoms with Crippen molar-refractivity contribution in [2.75, 3.05) is 5.32 Å². The molecule has 3 aromatic rings. The highest BCUT2D eigenvalue weighted by Crippen LogP contribution is 2.23. The number of aromatic nitrogens is 3. The molecule has 0 fully saturated rings. The maximum Gasteiger partial charge on any atom is 0.147 e. The topological polar surface area (TPSA) is 50.7 Å². The van der Waals surface area contributed by atoms with Gasteiger partial charge < -0.3 is 5.32 Å². The molecule has 2 heterocycles. The molecule has 2 aromatic heterocycles. The van der Waals surface area contributed by atoms with Crippen LogP contribution >= 0.6 is 27.3 Å². The van der Waals surface area contributed by atoms with Gasteiger partial charge in [0.25, 0.3) is 0 Å². The SMILES string of the molecule is Brc1cncc(NCc2nnc(-c3ccccc3)s2)c1. The summed E-state index contributed by atoms with van der Waals surface area (Å²) in [6.45, 7) is 0.642. The molecule has 0 atom stereocenters. The number of nitrogens with one attached hydrogen (secondary N) is 1. The predicted octanol–water partition coefficient (Wildman–Crippen LogP) is 3.97. The van der Waals surface area contributed by atoms with Gasteiger partial charge in [-0.25, -0.2) is 0 Å². The van der Waals surface area contributed by atoms with Crippen LogP contribution in [0.3, 0.4) is 0 Å². The standard InChI is InChI=1S/C14H11BrN4S/c15-11-6-12(8-16-7-11)17-9-13-18-19-14(20-13)10-4-2-1-3-5-10/h1-8,17H,9H2. The van der Waals surface area contributed by atoms with Gasteiger partial charge in [-0.3, -0.25) is 4.98 Å². The van der Waals surface area contributed by atoms with Crippen molar-refractivity contribution < 1.29 is 0 Å². The summed E-state index contributed by atoms with van der Waals surface area (Å²) in [5, 5.41) is 13.6. The summed E-state index contributed by atoms with van der Waals surface area (Å²) in [6, 6.07) is 12.1. The molecular weight excluding hydrogens is 336 g/mol. The van der Waals surface area contributed by atoms with Crippen LogP contribution in [0.1, 0.15) is 5.01 Å². The van der Waals surface area contributed by atoms with Crippen molar-refractivity contribution in [2.45, 2.75) is 6.54 Å². The number of benzene rings is 1. The quantitative estimate of drug-likeness (QED) is 0.776. The molecule has 3 rings (SSSR count). The van der Waals surface area contributed by atoms with E-state index in [1.165, 1.54) is 0 Å². The lowest BCUT2D eigenvalue weighted by molar-refractivity contribution is 0.991. The number of rotatable bonds is 4. The van der Waals surface area contributed by atoms with Crippen molar-refractivity contribution in [2.24, 2.45) is 0 Å². The first kappa shape index (κ1) is 13.2. The first-order valence-electron chi connectivity index (χ1n) is 6.03. The molecule has 1 N–H and O–H groups in total. The maximum absolute atomic E-state index is 4.22. The fourth-order valence-electron chi connectivity index (χ4n) is 1.71. The monoisotopic (exact) mass is 346 g/mol. The van der Waals surface area contributed by atoms with E-state index in [2.05, 4.69) is 36.4 Å². The second-order valence-electron chi connectivity index (χ2n) is 4.11. The molecule has 4 nitrogen and oxygen atoms in total. The number of anilines is 1. The van der Waals surface area contributed by atoms with E-state index in [9.17, 15) is 0 Å². The van der Waals surface area contributed by atoms with E-state index in [0.29, 0.717) is 6.54 Å². The molecule has 0 spiro atoms. The van der Waals surface area contributed by atoms with Crippen LogP contribution in [0.4, 0.5) is 5.69 Å². The predicted molar refractivity (Wildman–Crippen MR) is 84.6 cm³/mol. The van der Waals surface area contributed by atoms with Gasteiger partial charge in [-0.1, -0.05) is 41.7 Å². The van der Waals surface area contributed by atoms with Crippen LogP contribution in [0.2, 0.25) is 0 Å². The minimum atomic E-state index is 0.642.